The number of fused-ring (bicyclic) bond motifs is 1. The molecule has 1 aliphatic heterocycles. The normalized spacial score (nSPS) is 12.5. The lowest BCUT2D eigenvalue weighted by atomic mass is 10.0. The van der Waals surface area contributed by atoms with Gasteiger partial charge in [0.15, 0.2) is 0 Å². The molecule has 0 bridgehead atoms. The van der Waals surface area contributed by atoms with Crippen molar-refractivity contribution in [3.8, 4) is 22.5 Å². The fraction of sp³-hybridized carbons (Fsp3) is 0.200. The van der Waals surface area contributed by atoms with Crippen molar-refractivity contribution < 1.29 is 50.9 Å². The van der Waals surface area contributed by atoms with E-state index in [9.17, 15) is 31.1 Å². The number of nitrogens with zero attached hydrogens (tertiary/aromatic N) is 1. The first kappa shape index (κ1) is 35.6. The van der Waals surface area contributed by atoms with Crippen LogP contribution in [0.25, 0.3) is 22.5 Å². The van der Waals surface area contributed by atoms with Crippen LogP contribution in [0.4, 0.5) is 26.3 Å². The van der Waals surface area contributed by atoms with Gasteiger partial charge in [-0.15, -0.1) is 0 Å². The molecule has 0 spiro atoms. The maximum absolute atomic E-state index is 12.1. The van der Waals surface area contributed by atoms with Crippen molar-refractivity contribution in [1.82, 2.24) is 20.6 Å². The molecule has 0 atom stereocenters. The molecule has 0 radical (unpaired) electrons. The number of aromatic nitrogens is 2. The fourth-order valence-electron chi connectivity index (χ4n) is 4.03. The molecular formula is C30H25ClF6N4O5. The number of aliphatic carboxylic acids is 2. The molecule has 0 saturated heterocycles. The van der Waals surface area contributed by atoms with Gasteiger partial charge >= 0.3 is 24.3 Å². The summed E-state index contributed by atoms with van der Waals surface area (Å²) in [5.74, 6) is -5.53. The standard InChI is InChI=1S/C26H23ClN4O.2C2HF3O2/c27-22-7-2-1-5-20(22)16-28-15-17-4-3-6-18(12-17)24-13-19(8-10-29-24)25-14-21-23(31-25)9-11-30-26(21)32;2*3-2(4,5)1(6)7/h1-8,10,12-14,28,31H,9,11,15-16H2,(H,30,32);2*(H,6,7). The summed E-state index contributed by atoms with van der Waals surface area (Å²) >= 11 is 6.24. The second-order valence-corrected chi connectivity index (χ2v) is 9.92. The predicted molar refractivity (Wildman–Crippen MR) is 155 cm³/mol. The number of amides is 1. The minimum absolute atomic E-state index is 0.0139. The molecule has 0 aliphatic carbocycles. The molecule has 0 unspecified atom stereocenters. The highest BCUT2D eigenvalue weighted by Crippen LogP contribution is 2.27. The highest BCUT2D eigenvalue weighted by atomic mass is 35.5. The van der Waals surface area contributed by atoms with Crippen molar-refractivity contribution in [3.05, 3.63) is 100 Å². The lowest BCUT2D eigenvalue weighted by Crippen LogP contribution is -2.31. The van der Waals surface area contributed by atoms with Gasteiger partial charge in [0.25, 0.3) is 5.91 Å². The Labute approximate surface area is 262 Å². The Morgan fingerprint density at radius 1 is 0.870 bits per heavy atom. The predicted octanol–water partition coefficient (Wildman–Crippen LogP) is 6.24. The number of hydrogen-bond donors (Lipinski definition) is 5. The van der Waals surface area contributed by atoms with Crippen molar-refractivity contribution in [2.24, 2.45) is 0 Å². The molecule has 4 aromatic rings. The molecule has 1 aliphatic rings. The lowest BCUT2D eigenvalue weighted by Gasteiger charge is -2.11. The number of alkyl halides is 6. The van der Waals surface area contributed by atoms with Gasteiger partial charge in [-0.05, 0) is 41.5 Å². The summed E-state index contributed by atoms with van der Waals surface area (Å²) in [7, 11) is 0. The molecule has 1 amide bonds. The molecule has 5 N–H and O–H groups in total. The number of aromatic amines is 1. The van der Waals surface area contributed by atoms with Crippen LogP contribution in [0.15, 0.2) is 72.9 Å². The third-order valence-electron chi connectivity index (χ3n) is 6.19. The number of hydrogen-bond acceptors (Lipinski definition) is 5. The first-order valence-corrected chi connectivity index (χ1v) is 13.5. The van der Waals surface area contributed by atoms with Crippen molar-refractivity contribution in [3.63, 3.8) is 0 Å². The molecule has 2 aromatic carbocycles. The van der Waals surface area contributed by atoms with Crippen molar-refractivity contribution in [2.45, 2.75) is 31.9 Å². The number of pyridine rings is 1. The first-order chi connectivity index (χ1) is 21.6. The average molecular weight is 671 g/mol. The largest absolute Gasteiger partial charge is 0.490 e. The van der Waals surface area contributed by atoms with E-state index in [0.717, 1.165) is 57.3 Å². The third kappa shape index (κ3) is 10.3. The fourth-order valence-corrected chi connectivity index (χ4v) is 4.23. The Hall–Kier alpha value is -4.89. The molecule has 46 heavy (non-hydrogen) atoms. The highest BCUT2D eigenvalue weighted by molar-refractivity contribution is 6.31. The second-order valence-electron chi connectivity index (χ2n) is 9.51. The van der Waals surface area contributed by atoms with Crippen molar-refractivity contribution in [1.29, 1.82) is 0 Å². The summed E-state index contributed by atoms with van der Waals surface area (Å²) in [5.41, 5.74) is 7.89. The molecule has 0 saturated carbocycles. The van der Waals surface area contributed by atoms with Gasteiger partial charge in [-0.2, -0.15) is 26.3 Å². The molecule has 16 heteroatoms. The Morgan fingerprint density at radius 3 is 2.13 bits per heavy atom. The summed E-state index contributed by atoms with van der Waals surface area (Å²) in [5, 5.41) is 21.4. The van der Waals surface area contributed by atoms with Gasteiger partial charge in [0.2, 0.25) is 0 Å². The van der Waals surface area contributed by atoms with E-state index in [1.165, 1.54) is 5.56 Å². The molecule has 5 rings (SSSR count). The summed E-state index contributed by atoms with van der Waals surface area (Å²) in [4.78, 5) is 37.9. The van der Waals surface area contributed by atoms with E-state index in [-0.39, 0.29) is 5.91 Å². The van der Waals surface area contributed by atoms with Crippen LogP contribution in [-0.4, -0.2) is 56.9 Å². The number of nitrogens with one attached hydrogen (secondary N) is 3. The van der Waals surface area contributed by atoms with Gasteiger partial charge in [-0.25, -0.2) is 9.59 Å². The quantitative estimate of drug-likeness (QED) is 0.153. The van der Waals surface area contributed by atoms with Crippen molar-refractivity contribution >= 4 is 29.4 Å². The third-order valence-corrected chi connectivity index (χ3v) is 6.55. The Kier molecular flexibility index (Phi) is 11.9. The number of carboxylic acids is 2. The van der Waals surface area contributed by atoms with E-state index in [4.69, 9.17) is 31.4 Å². The minimum Gasteiger partial charge on any atom is -0.475 e. The number of carboxylic acid groups (broad SMARTS) is 2. The maximum atomic E-state index is 12.1. The first-order valence-electron chi connectivity index (χ1n) is 13.2. The van der Waals surface area contributed by atoms with E-state index in [0.29, 0.717) is 13.1 Å². The monoisotopic (exact) mass is 670 g/mol. The molecule has 3 heterocycles. The number of carbonyl (C=O) groups is 3. The summed E-state index contributed by atoms with van der Waals surface area (Å²) < 4.78 is 63.5. The smallest absolute Gasteiger partial charge is 0.475 e. The highest BCUT2D eigenvalue weighted by Gasteiger charge is 2.38. The zero-order chi connectivity index (χ0) is 34.1. The summed E-state index contributed by atoms with van der Waals surface area (Å²) in [6.45, 7) is 2.12. The van der Waals surface area contributed by atoms with Crippen LogP contribution >= 0.6 is 11.6 Å². The summed E-state index contributed by atoms with van der Waals surface area (Å²) in [6.07, 6.45) is -7.53. The van der Waals surface area contributed by atoms with Gasteiger partial charge in [0.05, 0.1) is 11.3 Å². The second kappa shape index (κ2) is 15.4. The molecular weight excluding hydrogens is 646 g/mol. The topological polar surface area (TPSA) is 144 Å². The van der Waals surface area contributed by atoms with E-state index >= 15 is 0 Å². The number of halogens is 7. The van der Waals surface area contributed by atoms with Gasteiger partial charge in [0, 0.05) is 59.8 Å². The zero-order valence-electron chi connectivity index (χ0n) is 23.5. The summed E-state index contributed by atoms with van der Waals surface area (Å²) in [6, 6.07) is 22.2. The van der Waals surface area contributed by atoms with E-state index in [2.05, 4.69) is 44.9 Å². The number of rotatable bonds is 6. The average Bonchev–Trinajstić information content (AvgIpc) is 3.44. The number of benzene rings is 2. The minimum atomic E-state index is -5.08. The maximum Gasteiger partial charge on any atom is 0.490 e. The van der Waals surface area contributed by atoms with Crippen LogP contribution in [0.1, 0.15) is 27.2 Å². The Balaban J connectivity index is 0.000000345. The van der Waals surface area contributed by atoms with Crippen LogP contribution < -0.4 is 10.6 Å². The van der Waals surface area contributed by atoms with Gasteiger partial charge in [-0.1, -0.05) is 48.0 Å². The van der Waals surface area contributed by atoms with Gasteiger partial charge in [-0.3, -0.25) is 9.78 Å². The number of H-pyrrole nitrogens is 1. The SMILES string of the molecule is O=C(O)C(F)(F)F.O=C(O)C(F)(F)F.O=C1NCCc2[nH]c(-c3ccnc(-c4cccc(CNCc5ccccc5Cl)c4)c3)cc21. The van der Waals surface area contributed by atoms with E-state index < -0.39 is 24.3 Å². The molecule has 244 valence electrons. The van der Waals surface area contributed by atoms with Gasteiger partial charge < -0.3 is 25.8 Å². The Morgan fingerprint density at radius 2 is 1.52 bits per heavy atom. The lowest BCUT2D eigenvalue weighted by molar-refractivity contribution is -0.193. The van der Waals surface area contributed by atoms with E-state index in [1.54, 1.807) is 0 Å². The van der Waals surface area contributed by atoms with Crippen LogP contribution in [0.5, 0.6) is 0 Å². The van der Waals surface area contributed by atoms with Crippen LogP contribution in [0.3, 0.4) is 0 Å². The molecule has 0 fully saturated rings. The zero-order valence-corrected chi connectivity index (χ0v) is 24.2. The van der Waals surface area contributed by atoms with Crippen LogP contribution in [0, 0.1) is 0 Å². The Bertz CT molecular complexity index is 1670. The van der Waals surface area contributed by atoms with Crippen LogP contribution in [-0.2, 0) is 29.1 Å². The molecule has 2 aromatic heterocycles. The van der Waals surface area contributed by atoms with E-state index in [1.807, 2.05) is 48.7 Å². The number of carbonyl (C=O) groups excluding carboxylic acids is 1. The molecule has 9 nitrogen and oxygen atoms in total. The van der Waals surface area contributed by atoms with Crippen molar-refractivity contribution in [2.75, 3.05) is 6.54 Å². The van der Waals surface area contributed by atoms with Gasteiger partial charge in [0.1, 0.15) is 0 Å². The van der Waals surface area contributed by atoms with Crippen LogP contribution in [0.2, 0.25) is 5.02 Å².